The zero-order chi connectivity index (χ0) is 20.6. The van der Waals surface area contributed by atoms with Gasteiger partial charge in [0.2, 0.25) is 5.91 Å². The molecule has 0 atom stereocenters. The van der Waals surface area contributed by atoms with Gasteiger partial charge < -0.3 is 10.2 Å². The lowest BCUT2D eigenvalue weighted by Gasteiger charge is -2.31. The summed E-state index contributed by atoms with van der Waals surface area (Å²) in [6, 6.07) is 29.3. The molecule has 3 heteroatoms. The molecule has 154 valence electrons. The van der Waals surface area contributed by atoms with Gasteiger partial charge in [-0.3, -0.25) is 4.79 Å². The number of hydrogen-bond acceptors (Lipinski definition) is 2. The molecular formula is C27H30N2O. The molecule has 30 heavy (non-hydrogen) atoms. The van der Waals surface area contributed by atoms with E-state index in [0.717, 1.165) is 19.5 Å². The molecule has 1 amide bonds. The number of carbonyl (C=O) groups excluding carboxylic acids is 1. The summed E-state index contributed by atoms with van der Waals surface area (Å²) >= 11 is 0. The highest BCUT2D eigenvalue weighted by Gasteiger charge is 2.18. The normalized spacial score (nSPS) is 13.2. The van der Waals surface area contributed by atoms with Gasteiger partial charge in [-0.05, 0) is 42.0 Å². The molecule has 0 saturated carbocycles. The van der Waals surface area contributed by atoms with Gasteiger partial charge in [0.25, 0.3) is 0 Å². The van der Waals surface area contributed by atoms with Crippen molar-refractivity contribution in [2.45, 2.75) is 31.6 Å². The topological polar surface area (TPSA) is 32.3 Å². The van der Waals surface area contributed by atoms with Gasteiger partial charge >= 0.3 is 0 Å². The summed E-state index contributed by atoms with van der Waals surface area (Å²) in [4.78, 5) is 15.2. The molecule has 3 nitrogen and oxygen atoms in total. The number of para-hydroxylation sites is 1. The molecule has 1 aliphatic rings. The van der Waals surface area contributed by atoms with Gasteiger partial charge in [0.1, 0.15) is 0 Å². The number of nitrogens with one attached hydrogen (secondary N) is 1. The maximum atomic E-state index is 12.7. The number of amides is 1. The molecule has 0 radical (unpaired) electrons. The van der Waals surface area contributed by atoms with E-state index in [1.54, 1.807) is 0 Å². The van der Waals surface area contributed by atoms with Gasteiger partial charge in [-0.25, -0.2) is 0 Å². The lowest BCUT2D eigenvalue weighted by molar-refractivity contribution is -0.121. The van der Waals surface area contributed by atoms with Crippen LogP contribution in [-0.4, -0.2) is 25.5 Å². The van der Waals surface area contributed by atoms with E-state index in [1.807, 2.05) is 36.4 Å². The van der Waals surface area contributed by atoms with Crippen LogP contribution in [0.3, 0.4) is 0 Å². The molecule has 0 unspecified atom stereocenters. The summed E-state index contributed by atoms with van der Waals surface area (Å²) in [5, 5.41) is 3.15. The van der Waals surface area contributed by atoms with Crippen molar-refractivity contribution in [3.8, 4) is 0 Å². The number of carbonyl (C=O) groups is 1. The molecule has 0 spiro atoms. The van der Waals surface area contributed by atoms with Crippen LogP contribution < -0.4 is 10.2 Å². The fourth-order valence-corrected chi connectivity index (χ4v) is 4.40. The van der Waals surface area contributed by atoms with E-state index in [4.69, 9.17) is 0 Å². The average Bonchev–Trinajstić information content (AvgIpc) is 2.81. The van der Waals surface area contributed by atoms with Crippen molar-refractivity contribution in [3.05, 3.63) is 102 Å². The molecule has 1 N–H and O–H groups in total. The van der Waals surface area contributed by atoms with Gasteiger partial charge in [0.05, 0.1) is 0 Å². The minimum absolute atomic E-state index is 0.0846. The van der Waals surface area contributed by atoms with Crippen molar-refractivity contribution >= 4 is 11.6 Å². The van der Waals surface area contributed by atoms with Gasteiger partial charge in [-0.1, -0.05) is 78.9 Å². The number of fused-ring (bicyclic) bond motifs is 1. The molecular weight excluding hydrogens is 368 g/mol. The second-order valence-corrected chi connectivity index (χ2v) is 8.00. The lowest BCUT2D eigenvalue weighted by Crippen LogP contribution is -2.33. The van der Waals surface area contributed by atoms with Crippen LogP contribution in [0.1, 0.15) is 41.9 Å². The van der Waals surface area contributed by atoms with Crippen molar-refractivity contribution in [1.29, 1.82) is 0 Å². The Morgan fingerprint density at radius 3 is 2.20 bits per heavy atom. The smallest absolute Gasteiger partial charge is 0.220 e. The quantitative estimate of drug-likeness (QED) is 0.531. The molecule has 0 aliphatic carbocycles. The Morgan fingerprint density at radius 2 is 1.50 bits per heavy atom. The Kier molecular flexibility index (Phi) is 6.81. The minimum Gasteiger partial charge on any atom is -0.371 e. The Labute approximate surface area is 179 Å². The highest BCUT2D eigenvalue weighted by Crippen LogP contribution is 2.28. The van der Waals surface area contributed by atoms with Crippen LogP contribution in [-0.2, 0) is 11.2 Å². The van der Waals surface area contributed by atoms with Crippen molar-refractivity contribution in [3.63, 3.8) is 0 Å². The largest absolute Gasteiger partial charge is 0.371 e. The van der Waals surface area contributed by atoms with Gasteiger partial charge in [0, 0.05) is 37.7 Å². The Balaban J connectivity index is 1.31. The third kappa shape index (κ3) is 5.10. The van der Waals surface area contributed by atoms with Gasteiger partial charge in [-0.2, -0.15) is 0 Å². The van der Waals surface area contributed by atoms with E-state index < -0.39 is 0 Å². The molecule has 0 saturated heterocycles. The first kappa shape index (κ1) is 20.2. The monoisotopic (exact) mass is 398 g/mol. The fraction of sp³-hybridized carbons (Fsp3) is 0.296. The number of anilines is 1. The zero-order valence-corrected chi connectivity index (χ0v) is 17.5. The Hall–Kier alpha value is -3.07. The first-order valence-corrected chi connectivity index (χ1v) is 11.0. The van der Waals surface area contributed by atoms with Crippen molar-refractivity contribution in [2.24, 2.45) is 0 Å². The molecule has 1 heterocycles. The molecule has 1 aliphatic heterocycles. The van der Waals surface area contributed by atoms with Gasteiger partial charge in [0.15, 0.2) is 0 Å². The number of benzene rings is 3. The molecule has 0 aromatic heterocycles. The Bertz CT molecular complexity index is 900. The summed E-state index contributed by atoms with van der Waals surface area (Å²) in [5.41, 5.74) is 5.18. The zero-order valence-electron chi connectivity index (χ0n) is 17.5. The number of nitrogens with zero attached hydrogens (tertiary/aromatic N) is 1. The van der Waals surface area contributed by atoms with E-state index in [9.17, 15) is 4.79 Å². The van der Waals surface area contributed by atoms with Crippen LogP contribution >= 0.6 is 0 Å². The van der Waals surface area contributed by atoms with E-state index in [-0.39, 0.29) is 11.8 Å². The van der Waals surface area contributed by atoms with E-state index in [2.05, 4.69) is 58.7 Å². The second-order valence-electron chi connectivity index (χ2n) is 8.00. The van der Waals surface area contributed by atoms with Gasteiger partial charge in [-0.15, -0.1) is 0 Å². The van der Waals surface area contributed by atoms with Crippen molar-refractivity contribution in [1.82, 2.24) is 5.32 Å². The SMILES string of the molecule is O=C(CC(c1ccccc1)c1ccccc1)NCCCN1CCCc2ccccc21. The molecule has 0 fully saturated rings. The summed E-state index contributed by atoms with van der Waals surface area (Å²) in [5.74, 6) is 0.202. The molecule has 0 bridgehead atoms. The molecule has 3 aromatic carbocycles. The second kappa shape index (κ2) is 10.1. The number of aryl methyl sites for hydroxylation is 1. The number of hydrogen-bond donors (Lipinski definition) is 1. The maximum absolute atomic E-state index is 12.7. The molecule has 3 aromatic rings. The highest BCUT2D eigenvalue weighted by atomic mass is 16.1. The number of rotatable bonds is 8. The summed E-state index contributed by atoms with van der Waals surface area (Å²) in [6.45, 7) is 2.81. The molecule has 4 rings (SSSR count). The standard InChI is InChI=1S/C27H30N2O/c30-27(21-25(22-11-3-1-4-12-22)23-13-5-2-6-14-23)28-18-10-20-29-19-9-16-24-15-7-8-17-26(24)29/h1-8,11-15,17,25H,9-10,16,18-21H2,(H,28,30). The van der Waals surface area contributed by atoms with Crippen LogP contribution in [0, 0.1) is 0 Å². The minimum atomic E-state index is 0.0846. The first-order valence-electron chi connectivity index (χ1n) is 11.0. The Morgan fingerprint density at radius 1 is 0.867 bits per heavy atom. The van der Waals surface area contributed by atoms with Crippen LogP contribution in [0.2, 0.25) is 0 Å². The van der Waals surface area contributed by atoms with E-state index in [0.29, 0.717) is 13.0 Å². The lowest BCUT2D eigenvalue weighted by atomic mass is 9.88. The fourth-order valence-electron chi connectivity index (χ4n) is 4.40. The van der Waals surface area contributed by atoms with E-state index in [1.165, 1.54) is 35.2 Å². The van der Waals surface area contributed by atoms with Crippen molar-refractivity contribution < 1.29 is 4.79 Å². The maximum Gasteiger partial charge on any atom is 0.220 e. The summed E-state index contributed by atoms with van der Waals surface area (Å²) in [6.07, 6.45) is 3.81. The van der Waals surface area contributed by atoms with Crippen LogP contribution in [0.25, 0.3) is 0 Å². The average molecular weight is 399 g/mol. The van der Waals surface area contributed by atoms with Crippen molar-refractivity contribution in [2.75, 3.05) is 24.5 Å². The third-order valence-corrected chi connectivity index (χ3v) is 5.93. The first-order chi connectivity index (χ1) is 14.8. The summed E-state index contributed by atoms with van der Waals surface area (Å²) in [7, 11) is 0. The summed E-state index contributed by atoms with van der Waals surface area (Å²) < 4.78 is 0. The van der Waals surface area contributed by atoms with E-state index >= 15 is 0 Å². The van der Waals surface area contributed by atoms with Crippen LogP contribution in [0.4, 0.5) is 5.69 Å². The van der Waals surface area contributed by atoms with Crippen LogP contribution in [0.5, 0.6) is 0 Å². The predicted octanol–water partition coefficient (Wildman–Crippen LogP) is 5.17. The third-order valence-electron chi connectivity index (χ3n) is 5.93. The highest BCUT2D eigenvalue weighted by molar-refractivity contribution is 5.77. The van der Waals surface area contributed by atoms with Crippen LogP contribution in [0.15, 0.2) is 84.9 Å². The predicted molar refractivity (Wildman–Crippen MR) is 124 cm³/mol.